The number of nitrogens with one attached hydrogen (secondary N) is 1. The monoisotopic (exact) mass is 377 g/mol. The molecular formula is C20H31N3O4. The molecule has 0 spiro atoms. The molecule has 2 heterocycles. The van der Waals surface area contributed by atoms with Crippen LogP contribution < -0.4 is 5.32 Å². The van der Waals surface area contributed by atoms with Crippen LogP contribution in [0.3, 0.4) is 0 Å². The molecule has 0 radical (unpaired) electrons. The van der Waals surface area contributed by atoms with E-state index in [1.807, 2.05) is 6.07 Å². The topological polar surface area (TPSA) is 75.0 Å². The zero-order valence-electron chi connectivity index (χ0n) is 16.2. The quantitative estimate of drug-likeness (QED) is 0.475. The third-order valence-electron chi connectivity index (χ3n) is 4.50. The van der Waals surface area contributed by atoms with Gasteiger partial charge in [-0.05, 0) is 31.4 Å². The van der Waals surface area contributed by atoms with Gasteiger partial charge in [-0.2, -0.15) is 0 Å². The Labute approximate surface area is 161 Å². The Balaban J connectivity index is 1.99. The Morgan fingerprint density at radius 1 is 1.41 bits per heavy atom. The summed E-state index contributed by atoms with van der Waals surface area (Å²) in [5.74, 6) is 0.582. The Morgan fingerprint density at radius 2 is 2.26 bits per heavy atom. The second kappa shape index (κ2) is 11.4. The third kappa shape index (κ3) is 7.09. The van der Waals surface area contributed by atoms with Gasteiger partial charge in [0.05, 0.1) is 18.9 Å². The molecule has 150 valence electrons. The molecule has 1 fully saturated rings. The van der Waals surface area contributed by atoms with Crippen LogP contribution in [-0.2, 0) is 16.1 Å². The van der Waals surface area contributed by atoms with E-state index in [-0.39, 0.29) is 24.6 Å². The van der Waals surface area contributed by atoms with E-state index in [0.29, 0.717) is 31.9 Å². The van der Waals surface area contributed by atoms with Gasteiger partial charge in [0.15, 0.2) is 0 Å². The highest BCUT2D eigenvalue weighted by Crippen LogP contribution is 2.16. The second-order valence-corrected chi connectivity index (χ2v) is 6.74. The fourth-order valence-corrected chi connectivity index (χ4v) is 3.00. The predicted octanol–water partition coefficient (Wildman–Crippen LogP) is 2.78. The molecule has 0 saturated carbocycles. The standard InChI is InChI=1S/C20H31N3O4/c1-3-5-10-21-20(25)22(11-4-2)16-19(24)23(14-17-8-6-12-26-17)15-18-9-7-13-27-18/h4,6,8,12,18H,2-3,5,7,9-11,13-16H2,1H3,(H,21,25). The van der Waals surface area contributed by atoms with Crippen LogP contribution in [0.1, 0.15) is 38.4 Å². The summed E-state index contributed by atoms with van der Waals surface area (Å²) in [6, 6.07) is 3.40. The number of hydrogen-bond acceptors (Lipinski definition) is 4. The number of rotatable bonds is 11. The van der Waals surface area contributed by atoms with Gasteiger partial charge >= 0.3 is 6.03 Å². The summed E-state index contributed by atoms with van der Waals surface area (Å²) in [5.41, 5.74) is 0. The fourth-order valence-electron chi connectivity index (χ4n) is 3.00. The minimum absolute atomic E-state index is 0.00257. The van der Waals surface area contributed by atoms with Crippen molar-refractivity contribution in [2.75, 3.05) is 32.8 Å². The lowest BCUT2D eigenvalue weighted by atomic mass is 10.2. The van der Waals surface area contributed by atoms with E-state index < -0.39 is 0 Å². The highest BCUT2D eigenvalue weighted by atomic mass is 16.5. The number of carbonyl (C=O) groups excluding carboxylic acids is 2. The van der Waals surface area contributed by atoms with Gasteiger partial charge < -0.3 is 24.3 Å². The van der Waals surface area contributed by atoms with Crippen molar-refractivity contribution in [2.24, 2.45) is 0 Å². The number of amides is 3. The van der Waals surface area contributed by atoms with E-state index in [0.717, 1.165) is 32.3 Å². The average molecular weight is 377 g/mol. The maximum atomic E-state index is 12.9. The molecule has 1 unspecified atom stereocenters. The van der Waals surface area contributed by atoms with Crippen molar-refractivity contribution >= 4 is 11.9 Å². The zero-order valence-corrected chi connectivity index (χ0v) is 16.2. The lowest BCUT2D eigenvalue weighted by Gasteiger charge is -2.28. The van der Waals surface area contributed by atoms with E-state index in [1.54, 1.807) is 23.3 Å². The van der Waals surface area contributed by atoms with Crippen molar-refractivity contribution < 1.29 is 18.7 Å². The summed E-state index contributed by atoms with van der Waals surface area (Å²) in [4.78, 5) is 28.5. The van der Waals surface area contributed by atoms with Crippen molar-refractivity contribution in [3.8, 4) is 0 Å². The first-order chi connectivity index (χ1) is 13.1. The first-order valence-corrected chi connectivity index (χ1v) is 9.69. The molecule has 2 rings (SSSR count). The number of nitrogens with zero attached hydrogens (tertiary/aromatic N) is 2. The predicted molar refractivity (Wildman–Crippen MR) is 103 cm³/mol. The average Bonchev–Trinajstić information content (AvgIpc) is 3.35. The van der Waals surface area contributed by atoms with Crippen molar-refractivity contribution in [2.45, 2.75) is 45.3 Å². The molecule has 0 aromatic carbocycles. The largest absolute Gasteiger partial charge is 0.467 e. The van der Waals surface area contributed by atoms with Gasteiger partial charge in [-0.15, -0.1) is 6.58 Å². The van der Waals surface area contributed by atoms with Crippen LogP contribution in [0.15, 0.2) is 35.5 Å². The number of ether oxygens (including phenoxy) is 1. The number of carbonyl (C=O) groups is 2. The Bertz CT molecular complexity index is 582. The van der Waals surface area contributed by atoms with Crippen molar-refractivity contribution in [1.29, 1.82) is 0 Å². The molecule has 7 nitrogen and oxygen atoms in total. The molecule has 7 heteroatoms. The van der Waals surface area contributed by atoms with Crippen LogP contribution in [0, 0.1) is 0 Å². The van der Waals surface area contributed by atoms with Gasteiger partial charge in [-0.3, -0.25) is 4.79 Å². The molecular weight excluding hydrogens is 346 g/mol. The molecule has 1 aliphatic rings. The van der Waals surface area contributed by atoms with Crippen molar-refractivity contribution in [3.05, 3.63) is 36.8 Å². The molecule has 1 aliphatic heterocycles. The maximum Gasteiger partial charge on any atom is 0.318 e. The number of unbranched alkanes of at least 4 members (excludes halogenated alkanes) is 1. The molecule has 27 heavy (non-hydrogen) atoms. The van der Waals surface area contributed by atoms with E-state index >= 15 is 0 Å². The molecule has 1 aromatic heterocycles. The van der Waals surface area contributed by atoms with Crippen LogP contribution in [0.2, 0.25) is 0 Å². The Hall–Kier alpha value is -2.28. The van der Waals surface area contributed by atoms with Crippen molar-refractivity contribution in [3.63, 3.8) is 0 Å². The number of hydrogen-bond donors (Lipinski definition) is 1. The molecule has 1 N–H and O–H groups in total. The first kappa shape index (κ1) is 21.0. The maximum absolute atomic E-state index is 12.9. The summed E-state index contributed by atoms with van der Waals surface area (Å²) in [5, 5.41) is 2.86. The molecule has 0 bridgehead atoms. The van der Waals surface area contributed by atoms with E-state index in [1.165, 1.54) is 4.90 Å². The van der Waals surface area contributed by atoms with Gasteiger partial charge in [-0.1, -0.05) is 19.4 Å². The summed E-state index contributed by atoms with van der Waals surface area (Å²) >= 11 is 0. The van der Waals surface area contributed by atoms with E-state index in [2.05, 4.69) is 18.8 Å². The first-order valence-electron chi connectivity index (χ1n) is 9.69. The van der Waals surface area contributed by atoms with E-state index in [9.17, 15) is 9.59 Å². The summed E-state index contributed by atoms with van der Waals surface area (Å²) in [6.07, 6.45) is 7.12. The number of furan rings is 1. The minimum atomic E-state index is -0.244. The van der Waals surface area contributed by atoms with E-state index in [4.69, 9.17) is 9.15 Å². The highest BCUT2D eigenvalue weighted by Gasteiger charge is 2.25. The van der Waals surface area contributed by atoms with Crippen LogP contribution in [-0.4, -0.2) is 60.6 Å². The van der Waals surface area contributed by atoms with Gasteiger partial charge in [-0.25, -0.2) is 4.79 Å². The SMILES string of the molecule is C=CCN(CC(=O)N(Cc1ccco1)CC1CCCO1)C(=O)NCCCC. The summed E-state index contributed by atoms with van der Waals surface area (Å²) in [6.45, 7) is 8.27. The summed E-state index contributed by atoms with van der Waals surface area (Å²) in [7, 11) is 0. The van der Waals surface area contributed by atoms with Crippen LogP contribution in [0.5, 0.6) is 0 Å². The van der Waals surface area contributed by atoms with Crippen LogP contribution in [0.25, 0.3) is 0 Å². The number of urea groups is 1. The summed E-state index contributed by atoms with van der Waals surface area (Å²) < 4.78 is 11.1. The highest BCUT2D eigenvalue weighted by molar-refractivity contribution is 5.84. The second-order valence-electron chi connectivity index (χ2n) is 6.74. The molecule has 1 aromatic rings. The third-order valence-corrected chi connectivity index (χ3v) is 4.50. The lowest BCUT2D eigenvalue weighted by Crippen LogP contribution is -2.48. The minimum Gasteiger partial charge on any atom is -0.467 e. The van der Waals surface area contributed by atoms with Crippen LogP contribution in [0.4, 0.5) is 4.79 Å². The van der Waals surface area contributed by atoms with Gasteiger partial charge in [0.1, 0.15) is 12.3 Å². The van der Waals surface area contributed by atoms with Gasteiger partial charge in [0.25, 0.3) is 0 Å². The van der Waals surface area contributed by atoms with Crippen LogP contribution >= 0.6 is 0 Å². The molecule has 0 aliphatic carbocycles. The molecule has 1 saturated heterocycles. The van der Waals surface area contributed by atoms with Gasteiger partial charge in [0, 0.05) is 26.2 Å². The zero-order chi connectivity index (χ0) is 19.5. The smallest absolute Gasteiger partial charge is 0.318 e. The molecule has 1 atom stereocenters. The van der Waals surface area contributed by atoms with Gasteiger partial charge in [0.2, 0.25) is 5.91 Å². The van der Waals surface area contributed by atoms with Crippen molar-refractivity contribution in [1.82, 2.24) is 15.1 Å². The Morgan fingerprint density at radius 3 is 2.89 bits per heavy atom. The lowest BCUT2D eigenvalue weighted by molar-refractivity contribution is -0.134. The normalized spacial score (nSPS) is 16.1. The molecule has 3 amide bonds. The fraction of sp³-hybridized carbons (Fsp3) is 0.600. The Kier molecular flexibility index (Phi) is 8.91.